The molecule has 0 aliphatic carbocycles. The summed E-state index contributed by atoms with van der Waals surface area (Å²) in [6, 6.07) is 12.6. The first kappa shape index (κ1) is 13.6. The van der Waals surface area contributed by atoms with Crippen molar-refractivity contribution in [3.05, 3.63) is 59.9 Å². The van der Waals surface area contributed by atoms with Crippen LogP contribution in [0.2, 0.25) is 0 Å². The van der Waals surface area contributed by atoms with Gasteiger partial charge in [-0.2, -0.15) is 0 Å². The van der Waals surface area contributed by atoms with E-state index in [9.17, 15) is 9.18 Å². The molecule has 2 aromatic carbocycles. The number of para-hydroxylation sites is 1. The van der Waals surface area contributed by atoms with Crippen molar-refractivity contribution in [2.45, 2.75) is 6.10 Å². The number of ether oxygens (including phenoxy) is 2. The fraction of sp³-hybridized carbons (Fsp3) is 0.188. The van der Waals surface area contributed by atoms with Crippen LogP contribution >= 0.6 is 0 Å². The Morgan fingerprint density at radius 1 is 1.24 bits per heavy atom. The lowest BCUT2D eigenvalue weighted by Gasteiger charge is -2.11. The molecule has 4 nitrogen and oxygen atoms in total. The van der Waals surface area contributed by atoms with E-state index in [1.165, 1.54) is 24.3 Å². The van der Waals surface area contributed by atoms with Gasteiger partial charge in [-0.1, -0.05) is 12.1 Å². The molecule has 108 valence electrons. The molecule has 0 aromatic heterocycles. The van der Waals surface area contributed by atoms with E-state index in [1.807, 2.05) is 0 Å². The van der Waals surface area contributed by atoms with Crippen LogP contribution in [-0.2, 0) is 4.74 Å². The minimum atomic E-state index is -0.346. The summed E-state index contributed by atoms with van der Waals surface area (Å²) in [6.45, 7) is 1.13. The largest absolute Gasteiger partial charge is 0.490 e. The van der Waals surface area contributed by atoms with Crippen molar-refractivity contribution in [1.29, 1.82) is 0 Å². The average Bonchev–Trinajstić information content (AvgIpc) is 3.32. The molecule has 0 spiro atoms. The number of carbonyl (C=O) groups is 1. The second kappa shape index (κ2) is 5.93. The number of benzene rings is 2. The van der Waals surface area contributed by atoms with Crippen molar-refractivity contribution in [3.63, 3.8) is 0 Å². The number of hydrogen-bond acceptors (Lipinski definition) is 3. The standard InChI is InChI=1S/C16H14FNO3/c17-11-5-7-12(8-6-11)18-16(19)14-3-1-2-4-15(14)21-10-13-9-20-13/h1-8,13H,9-10H2,(H,18,19). The Morgan fingerprint density at radius 3 is 2.67 bits per heavy atom. The second-order valence-corrected chi connectivity index (χ2v) is 4.72. The Labute approximate surface area is 121 Å². The molecule has 1 saturated heterocycles. The van der Waals surface area contributed by atoms with E-state index in [1.54, 1.807) is 24.3 Å². The van der Waals surface area contributed by atoms with Gasteiger partial charge in [0.15, 0.2) is 0 Å². The number of halogens is 1. The van der Waals surface area contributed by atoms with Crippen molar-refractivity contribution < 1.29 is 18.7 Å². The highest BCUT2D eigenvalue weighted by Gasteiger charge is 2.24. The van der Waals surface area contributed by atoms with Gasteiger partial charge in [0.1, 0.15) is 24.3 Å². The molecule has 1 heterocycles. The fourth-order valence-corrected chi connectivity index (χ4v) is 1.86. The molecule has 1 fully saturated rings. The van der Waals surface area contributed by atoms with Crippen LogP contribution in [0, 0.1) is 5.82 Å². The molecular formula is C16H14FNO3. The maximum absolute atomic E-state index is 12.8. The molecule has 5 heteroatoms. The predicted molar refractivity (Wildman–Crippen MR) is 76.0 cm³/mol. The van der Waals surface area contributed by atoms with Crippen molar-refractivity contribution in [2.24, 2.45) is 0 Å². The lowest BCUT2D eigenvalue weighted by Crippen LogP contribution is -2.14. The Kier molecular flexibility index (Phi) is 3.83. The third-order valence-corrected chi connectivity index (χ3v) is 3.06. The number of amides is 1. The first-order valence-corrected chi connectivity index (χ1v) is 6.63. The predicted octanol–water partition coefficient (Wildman–Crippen LogP) is 2.86. The van der Waals surface area contributed by atoms with Crippen LogP contribution in [0.4, 0.5) is 10.1 Å². The van der Waals surface area contributed by atoms with Gasteiger partial charge >= 0.3 is 0 Å². The second-order valence-electron chi connectivity index (χ2n) is 4.72. The summed E-state index contributed by atoms with van der Waals surface area (Å²) >= 11 is 0. The van der Waals surface area contributed by atoms with E-state index in [-0.39, 0.29) is 17.8 Å². The Hall–Kier alpha value is -2.40. The summed E-state index contributed by atoms with van der Waals surface area (Å²) in [4.78, 5) is 12.3. The summed E-state index contributed by atoms with van der Waals surface area (Å²) in [5.74, 6) is -0.136. The highest BCUT2D eigenvalue weighted by atomic mass is 19.1. The minimum absolute atomic E-state index is 0.123. The number of nitrogens with one attached hydrogen (secondary N) is 1. The van der Waals surface area contributed by atoms with Crippen molar-refractivity contribution in [3.8, 4) is 5.75 Å². The number of carbonyl (C=O) groups excluding carboxylic acids is 1. The van der Waals surface area contributed by atoms with Gasteiger partial charge in [-0.25, -0.2) is 4.39 Å². The minimum Gasteiger partial charge on any atom is -0.490 e. The summed E-state index contributed by atoms with van der Waals surface area (Å²) in [6.07, 6.45) is 0.123. The Bertz CT molecular complexity index is 638. The van der Waals surface area contributed by atoms with E-state index < -0.39 is 0 Å². The Balaban J connectivity index is 1.72. The molecule has 1 atom stereocenters. The Morgan fingerprint density at radius 2 is 1.95 bits per heavy atom. The van der Waals surface area contributed by atoms with Gasteiger partial charge in [-0.3, -0.25) is 4.79 Å². The number of anilines is 1. The lowest BCUT2D eigenvalue weighted by atomic mass is 10.2. The fourth-order valence-electron chi connectivity index (χ4n) is 1.86. The highest BCUT2D eigenvalue weighted by molar-refractivity contribution is 6.06. The molecule has 1 unspecified atom stereocenters. The molecule has 0 bridgehead atoms. The van der Waals surface area contributed by atoms with Crippen LogP contribution in [0.3, 0.4) is 0 Å². The summed E-state index contributed by atoms with van der Waals surface area (Å²) in [5.41, 5.74) is 0.962. The van der Waals surface area contributed by atoms with Crippen molar-refractivity contribution in [1.82, 2.24) is 0 Å². The van der Waals surface area contributed by atoms with Gasteiger partial charge in [-0.05, 0) is 36.4 Å². The summed E-state index contributed by atoms with van der Waals surface area (Å²) in [7, 11) is 0. The molecule has 1 N–H and O–H groups in total. The van der Waals surface area contributed by atoms with E-state index in [4.69, 9.17) is 9.47 Å². The maximum Gasteiger partial charge on any atom is 0.259 e. The third-order valence-electron chi connectivity index (χ3n) is 3.06. The molecule has 1 amide bonds. The molecule has 3 rings (SSSR count). The topological polar surface area (TPSA) is 50.9 Å². The van der Waals surface area contributed by atoms with Crippen LogP contribution in [0.1, 0.15) is 10.4 Å². The first-order chi connectivity index (χ1) is 10.2. The lowest BCUT2D eigenvalue weighted by molar-refractivity contribution is 0.102. The molecule has 2 aromatic rings. The zero-order valence-electron chi connectivity index (χ0n) is 11.2. The van der Waals surface area contributed by atoms with E-state index >= 15 is 0 Å². The van der Waals surface area contributed by atoms with E-state index in [0.717, 1.165) is 0 Å². The number of hydrogen-bond donors (Lipinski definition) is 1. The molecule has 0 radical (unpaired) electrons. The zero-order valence-corrected chi connectivity index (χ0v) is 11.2. The summed E-state index contributed by atoms with van der Waals surface area (Å²) < 4.78 is 23.5. The number of rotatable bonds is 5. The smallest absolute Gasteiger partial charge is 0.259 e. The quantitative estimate of drug-likeness (QED) is 0.860. The normalized spacial score (nSPS) is 16.3. The van der Waals surface area contributed by atoms with E-state index in [2.05, 4.69) is 5.32 Å². The van der Waals surface area contributed by atoms with Gasteiger partial charge < -0.3 is 14.8 Å². The monoisotopic (exact) mass is 287 g/mol. The third kappa shape index (κ3) is 3.58. The first-order valence-electron chi connectivity index (χ1n) is 6.63. The summed E-state index contributed by atoms with van der Waals surface area (Å²) in [5, 5.41) is 2.71. The van der Waals surface area contributed by atoms with E-state index in [0.29, 0.717) is 30.2 Å². The highest BCUT2D eigenvalue weighted by Crippen LogP contribution is 2.21. The van der Waals surface area contributed by atoms with Crippen LogP contribution in [0.25, 0.3) is 0 Å². The molecule has 1 aliphatic heterocycles. The molecule has 1 aliphatic rings. The van der Waals surface area contributed by atoms with Crippen LogP contribution in [0.5, 0.6) is 5.75 Å². The number of epoxide rings is 1. The van der Waals surface area contributed by atoms with Gasteiger partial charge in [0.05, 0.1) is 12.2 Å². The van der Waals surface area contributed by atoms with Gasteiger partial charge in [0.2, 0.25) is 0 Å². The van der Waals surface area contributed by atoms with Crippen LogP contribution < -0.4 is 10.1 Å². The van der Waals surface area contributed by atoms with Crippen molar-refractivity contribution >= 4 is 11.6 Å². The van der Waals surface area contributed by atoms with Gasteiger partial charge in [-0.15, -0.1) is 0 Å². The van der Waals surface area contributed by atoms with Crippen LogP contribution in [-0.4, -0.2) is 25.2 Å². The SMILES string of the molecule is O=C(Nc1ccc(F)cc1)c1ccccc1OCC1CO1. The molecular weight excluding hydrogens is 273 g/mol. The van der Waals surface area contributed by atoms with Crippen molar-refractivity contribution in [2.75, 3.05) is 18.5 Å². The average molecular weight is 287 g/mol. The molecule has 21 heavy (non-hydrogen) atoms. The van der Waals surface area contributed by atoms with Crippen LogP contribution in [0.15, 0.2) is 48.5 Å². The maximum atomic E-state index is 12.8. The zero-order chi connectivity index (χ0) is 14.7. The molecule has 0 saturated carbocycles. The van der Waals surface area contributed by atoms with Gasteiger partial charge in [0.25, 0.3) is 5.91 Å². The van der Waals surface area contributed by atoms with Gasteiger partial charge in [0, 0.05) is 5.69 Å².